The molecule has 0 unspecified atom stereocenters. The van der Waals surface area contributed by atoms with E-state index in [2.05, 4.69) is 26.6 Å². The van der Waals surface area contributed by atoms with Crippen molar-refractivity contribution in [1.82, 2.24) is 0 Å². The van der Waals surface area contributed by atoms with E-state index in [0.717, 1.165) is 10.0 Å². The van der Waals surface area contributed by atoms with Crippen molar-refractivity contribution in [3.8, 4) is 0 Å². The largest absolute Gasteiger partial charge is 0.379 e. The molecule has 7 heteroatoms. The molecule has 0 aliphatic heterocycles. The Labute approximate surface area is 142 Å². The second kappa shape index (κ2) is 7.73. The van der Waals surface area contributed by atoms with E-state index in [1.807, 2.05) is 25.1 Å². The maximum atomic E-state index is 11.9. The molecular formula is C16H16BrN3O3. The van der Waals surface area contributed by atoms with Crippen molar-refractivity contribution in [2.45, 2.75) is 13.3 Å². The molecule has 0 bridgehead atoms. The Balaban J connectivity index is 1.88. The summed E-state index contributed by atoms with van der Waals surface area (Å²) in [4.78, 5) is 22.4. The quantitative estimate of drug-likeness (QED) is 0.585. The molecular weight excluding hydrogens is 362 g/mol. The van der Waals surface area contributed by atoms with Gasteiger partial charge in [-0.3, -0.25) is 14.9 Å². The van der Waals surface area contributed by atoms with Crippen molar-refractivity contribution in [2.75, 3.05) is 17.2 Å². The van der Waals surface area contributed by atoms with Crippen molar-refractivity contribution in [3.05, 3.63) is 62.6 Å². The predicted molar refractivity (Wildman–Crippen MR) is 93.7 cm³/mol. The van der Waals surface area contributed by atoms with E-state index < -0.39 is 4.92 Å². The zero-order chi connectivity index (χ0) is 16.8. The summed E-state index contributed by atoms with van der Waals surface area (Å²) in [5, 5.41) is 16.6. The number of nitro benzene ring substituents is 1. The van der Waals surface area contributed by atoms with Crippen LogP contribution in [0, 0.1) is 17.0 Å². The van der Waals surface area contributed by atoms with Gasteiger partial charge in [0.25, 0.3) is 5.69 Å². The summed E-state index contributed by atoms with van der Waals surface area (Å²) in [5.74, 6) is -0.160. The van der Waals surface area contributed by atoms with Crippen LogP contribution < -0.4 is 10.6 Å². The highest BCUT2D eigenvalue weighted by atomic mass is 79.9. The van der Waals surface area contributed by atoms with Crippen LogP contribution in [0.5, 0.6) is 0 Å². The fourth-order valence-electron chi connectivity index (χ4n) is 1.99. The minimum Gasteiger partial charge on any atom is -0.379 e. The van der Waals surface area contributed by atoms with Crippen molar-refractivity contribution < 1.29 is 9.72 Å². The minimum absolute atomic E-state index is 0.00428. The Morgan fingerprint density at radius 1 is 1.26 bits per heavy atom. The molecule has 0 saturated heterocycles. The number of amides is 1. The van der Waals surface area contributed by atoms with Crippen LogP contribution >= 0.6 is 15.9 Å². The number of rotatable bonds is 6. The maximum Gasteiger partial charge on any atom is 0.292 e. The topological polar surface area (TPSA) is 84.3 Å². The molecule has 23 heavy (non-hydrogen) atoms. The molecule has 2 aromatic carbocycles. The van der Waals surface area contributed by atoms with Gasteiger partial charge >= 0.3 is 0 Å². The highest BCUT2D eigenvalue weighted by Gasteiger charge is 2.12. The predicted octanol–water partition coefficient (Wildman–Crippen LogP) is 4.11. The molecule has 0 aromatic heterocycles. The van der Waals surface area contributed by atoms with Gasteiger partial charge in [0.2, 0.25) is 5.91 Å². The number of hydrogen-bond donors (Lipinski definition) is 2. The molecule has 1 amide bonds. The van der Waals surface area contributed by atoms with Crippen LogP contribution in [-0.4, -0.2) is 17.4 Å². The van der Waals surface area contributed by atoms with Gasteiger partial charge in [-0.2, -0.15) is 0 Å². The Kier molecular flexibility index (Phi) is 5.70. The van der Waals surface area contributed by atoms with Gasteiger partial charge in [-0.25, -0.2) is 0 Å². The van der Waals surface area contributed by atoms with Gasteiger partial charge in [-0.15, -0.1) is 0 Å². The Hall–Kier alpha value is -2.41. The lowest BCUT2D eigenvalue weighted by molar-refractivity contribution is -0.384. The van der Waals surface area contributed by atoms with Gasteiger partial charge in [0.05, 0.1) is 4.92 Å². The normalized spacial score (nSPS) is 10.2. The Morgan fingerprint density at radius 2 is 2.00 bits per heavy atom. The van der Waals surface area contributed by atoms with E-state index in [1.54, 1.807) is 18.2 Å². The second-order valence-corrected chi connectivity index (χ2v) is 5.82. The summed E-state index contributed by atoms with van der Waals surface area (Å²) in [7, 11) is 0. The first-order chi connectivity index (χ1) is 11.0. The van der Waals surface area contributed by atoms with Crippen LogP contribution in [-0.2, 0) is 4.79 Å². The third-order valence-electron chi connectivity index (χ3n) is 3.22. The lowest BCUT2D eigenvalue weighted by Gasteiger charge is -2.09. The van der Waals surface area contributed by atoms with E-state index in [-0.39, 0.29) is 18.0 Å². The first-order valence-electron chi connectivity index (χ1n) is 7.00. The SMILES string of the molecule is Cc1ccc(NC(=O)CCNc2ccccc2[N+](=O)[O-])cc1Br. The highest BCUT2D eigenvalue weighted by molar-refractivity contribution is 9.10. The average Bonchev–Trinajstić information content (AvgIpc) is 2.51. The lowest BCUT2D eigenvalue weighted by Crippen LogP contribution is -2.16. The molecule has 0 saturated carbocycles. The Bertz CT molecular complexity index is 734. The molecule has 2 rings (SSSR count). The smallest absolute Gasteiger partial charge is 0.292 e. The summed E-state index contributed by atoms with van der Waals surface area (Å²) in [5.41, 5.74) is 2.19. The van der Waals surface area contributed by atoms with Crippen LogP contribution in [0.1, 0.15) is 12.0 Å². The van der Waals surface area contributed by atoms with Gasteiger partial charge < -0.3 is 10.6 Å². The number of carbonyl (C=O) groups excluding carboxylic acids is 1. The molecule has 2 N–H and O–H groups in total. The van der Waals surface area contributed by atoms with Gasteiger partial charge in [-0.1, -0.05) is 34.1 Å². The molecule has 6 nitrogen and oxygen atoms in total. The van der Waals surface area contributed by atoms with E-state index in [9.17, 15) is 14.9 Å². The van der Waals surface area contributed by atoms with Crippen molar-refractivity contribution in [2.24, 2.45) is 0 Å². The molecule has 0 heterocycles. The lowest BCUT2D eigenvalue weighted by atomic mass is 10.2. The summed E-state index contributed by atoms with van der Waals surface area (Å²) in [6.45, 7) is 2.27. The maximum absolute atomic E-state index is 11.9. The minimum atomic E-state index is -0.452. The third-order valence-corrected chi connectivity index (χ3v) is 4.08. The van der Waals surface area contributed by atoms with Crippen LogP contribution in [0.2, 0.25) is 0 Å². The average molecular weight is 378 g/mol. The summed E-state index contributed by atoms with van der Waals surface area (Å²) in [6.07, 6.45) is 0.206. The molecule has 0 aliphatic rings. The number of halogens is 1. The fourth-order valence-corrected chi connectivity index (χ4v) is 2.37. The zero-order valence-corrected chi connectivity index (χ0v) is 14.1. The number of anilines is 2. The van der Waals surface area contributed by atoms with Gasteiger partial charge in [0.15, 0.2) is 0 Å². The van der Waals surface area contributed by atoms with Gasteiger partial charge in [0.1, 0.15) is 5.69 Å². The summed E-state index contributed by atoms with van der Waals surface area (Å²) >= 11 is 3.41. The number of nitrogens with one attached hydrogen (secondary N) is 2. The Morgan fingerprint density at radius 3 is 2.70 bits per heavy atom. The number of aryl methyl sites for hydroxylation is 1. The summed E-state index contributed by atoms with van der Waals surface area (Å²) < 4.78 is 0.924. The molecule has 2 aromatic rings. The van der Waals surface area contributed by atoms with E-state index in [4.69, 9.17) is 0 Å². The van der Waals surface area contributed by atoms with E-state index >= 15 is 0 Å². The number of nitro groups is 1. The van der Waals surface area contributed by atoms with Gasteiger partial charge in [0, 0.05) is 29.2 Å². The number of nitrogens with zero attached hydrogens (tertiary/aromatic N) is 1. The number of hydrogen-bond acceptors (Lipinski definition) is 4. The van der Waals surface area contributed by atoms with Gasteiger partial charge in [-0.05, 0) is 30.7 Å². The number of benzene rings is 2. The molecule has 0 atom stereocenters. The fraction of sp³-hybridized carbons (Fsp3) is 0.188. The monoisotopic (exact) mass is 377 g/mol. The van der Waals surface area contributed by atoms with Crippen LogP contribution in [0.4, 0.5) is 17.1 Å². The number of carbonyl (C=O) groups is 1. The molecule has 120 valence electrons. The van der Waals surface area contributed by atoms with E-state index in [0.29, 0.717) is 17.9 Å². The zero-order valence-electron chi connectivity index (χ0n) is 12.5. The first kappa shape index (κ1) is 17.0. The van der Waals surface area contributed by atoms with Crippen molar-refractivity contribution in [3.63, 3.8) is 0 Å². The number of para-hydroxylation sites is 2. The molecule has 0 fully saturated rings. The third kappa shape index (κ3) is 4.79. The van der Waals surface area contributed by atoms with Crippen LogP contribution in [0.25, 0.3) is 0 Å². The van der Waals surface area contributed by atoms with Crippen LogP contribution in [0.15, 0.2) is 46.9 Å². The standard InChI is InChI=1S/C16H16BrN3O3/c1-11-6-7-12(10-13(11)17)19-16(21)8-9-18-14-4-2-3-5-15(14)20(22)23/h2-7,10,18H,8-9H2,1H3,(H,19,21). The van der Waals surface area contributed by atoms with E-state index in [1.165, 1.54) is 6.07 Å². The first-order valence-corrected chi connectivity index (χ1v) is 7.80. The molecule has 0 radical (unpaired) electrons. The molecule has 0 aliphatic carbocycles. The van der Waals surface area contributed by atoms with Crippen molar-refractivity contribution >= 4 is 38.9 Å². The van der Waals surface area contributed by atoms with Crippen LogP contribution in [0.3, 0.4) is 0 Å². The highest BCUT2D eigenvalue weighted by Crippen LogP contribution is 2.23. The molecule has 0 spiro atoms. The summed E-state index contributed by atoms with van der Waals surface area (Å²) in [6, 6.07) is 11.9. The van der Waals surface area contributed by atoms with Crippen molar-refractivity contribution in [1.29, 1.82) is 0 Å². The second-order valence-electron chi connectivity index (χ2n) is 4.96.